The van der Waals surface area contributed by atoms with E-state index in [-0.39, 0.29) is 5.91 Å². The highest BCUT2D eigenvalue weighted by molar-refractivity contribution is 5.83. The van der Waals surface area contributed by atoms with Crippen LogP contribution in [0.2, 0.25) is 0 Å². The van der Waals surface area contributed by atoms with Crippen LogP contribution in [0.5, 0.6) is 0 Å². The fourth-order valence-electron chi connectivity index (χ4n) is 3.55. The predicted molar refractivity (Wildman–Crippen MR) is 89.7 cm³/mol. The number of hydrogen-bond donors (Lipinski definition) is 0. The second-order valence-electron chi connectivity index (χ2n) is 6.86. The van der Waals surface area contributed by atoms with Crippen molar-refractivity contribution in [1.82, 2.24) is 34.7 Å². The fourth-order valence-corrected chi connectivity index (χ4v) is 3.55. The van der Waals surface area contributed by atoms with E-state index in [9.17, 15) is 4.79 Å². The molecular formula is C17H19N7O. The van der Waals surface area contributed by atoms with Crippen LogP contribution in [-0.4, -0.2) is 47.1 Å². The van der Waals surface area contributed by atoms with Crippen molar-refractivity contribution in [3.63, 3.8) is 0 Å². The zero-order valence-corrected chi connectivity index (χ0v) is 14.0. The van der Waals surface area contributed by atoms with E-state index >= 15 is 0 Å². The molecule has 128 valence electrons. The Labute approximate surface area is 144 Å². The number of aromatic nitrogens is 6. The largest absolute Gasteiger partial charge is 0.332 e. The van der Waals surface area contributed by atoms with Gasteiger partial charge in [0, 0.05) is 19.0 Å². The van der Waals surface area contributed by atoms with Gasteiger partial charge in [-0.3, -0.25) is 4.79 Å². The van der Waals surface area contributed by atoms with Gasteiger partial charge < -0.3 is 9.47 Å². The van der Waals surface area contributed by atoms with Gasteiger partial charge in [0.25, 0.3) is 0 Å². The minimum atomic E-state index is -0.398. The lowest BCUT2D eigenvalue weighted by Crippen LogP contribution is -2.42. The first-order valence-corrected chi connectivity index (χ1v) is 8.73. The number of nitrogens with zero attached hydrogens (tertiary/aromatic N) is 7. The highest BCUT2D eigenvalue weighted by atomic mass is 16.2. The maximum Gasteiger partial charge on any atom is 0.247 e. The summed E-state index contributed by atoms with van der Waals surface area (Å²) in [5.74, 6) is 2.59. The summed E-state index contributed by atoms with van der Waals surface area (Å²) in [7, 11) is 0. The van der Waals surface area contributed by atoms with Gasteiger partial charge >= 0.3 is 0 Å². The monoisotopic (exact) mass is 337 g/mol. The van der Waals surface area contributed by atoms with E-state index in [4.69, 9.17) is 0 Å². The number of para-hydroxylation sites is 1. The Morgan fingerprint density at radius 3 is 2.84 bits per heavy atom. The van der Waals surface area contributed by atoms with Crippen LogP contribution in [0.4, 0.5) is 0 Å². The van der Waals surface area contributed by atoms with Crippen LogP contribution in [0, 0.1) is 0 Å². The highest BCUT2D eigenvalue weighted by Gasteiger charge is 2.34. The van der Waals surface area contributed by atoms with Crippen molar-refractivity contribution < 1.29 is 4.79 Å². The van der Waals surface area contributed by atoms with Gasteiger partial charge in [-0.1, -0.05) is 17.3 Å². The van der Waals surface area contributed by atoms with Gasteiger partial charge in [-0.25, -0.2) is 4.68 Å². The maximum absolute atomic E-state index is 13.0. The Balaban J connectivity index is 1.39. The Hall–Kier alpha value is -2.77. The molecule has 2 aromatic heterocycles. The number of amides is 1. The molecule has 0 saturated heterocycles. The summed E-state index contributed by atoms with van der Waals surface area (Å²) in [5.41, 5.74) is 1.68. The van der Waals surface area contributed by atoms with Crippen LogP contribution < -0.4 is 0 Å². The molecule has 1 aromatic carbocycles. The van der Waals surface area contributed by atoms with Crippen molar-refractivity contribution in [1.29, 1.82) is 0 Å². The summed E-state index contributed by atoms with van der Waals surface area (Å²) >= 11 is 0. The van der Waals surface area contributed by atoms with Crippen LogP contribution in [0.25, 0.3) is 11.0 Å². The molecule has 1 amide bonds. The number of benzene rings is 1. The lowest BCUT2D eigenvalue weighted by molar-refractivity contribution is -0.136. The average Bonchev–Trinajstić information content (AvgIpc) is 3.26. The number of rotatable bonds is 3. The predicted octanol–water partition coefficient (Wildman–Crippen LogP) is 1.50. The van der Waals surface area contributed by atoms with Crippen LogP contribution in [0.1, 0.15) is 43.4 Å². The quantitative estimate of drug-likeness (QED) is 0.723. The van der Waals surface area contributed by atoms with Crippen LogP contribution in [0.3, 0.4) is 0 Å². The first kappa shape index (κ1) is 14.6. The van der Waals surface area contributed by atoms with Crippen molar-refractivity contribution >= 4 is 16.9 Å². The maximum atomic E-state index is 13.0. The average molecular weight is 337 g/mol. The molecule has 8 nitrogen and oxygen atoms in total. The molecule has 1 saturated carbocycles. The Morgan fingerprint density at radius 2 is 2.00 bits per heavy atom. The molecule has 0 unspecified atom stereocenters. The summed E-state index contributed by atoms with van der Waals surface area (Å²) in [4.78, 5) is 14.8. The molecule has 3 aromatic rings. The van der Waals surface area contributed by atoms with Crippen molar-refractivity contribution in [3.05, 3.63) is 35.9 Å². The Kier molecular flexibility index (Phi) is 3.13. The molecule has 3 heterocycles. The number of carbonyl (C=O) groups excluding carboxylic acids is 1. The van der Waals surface area contributed by atoms with Crippen molar-refractivity contribution in [2.45, 2.75) is 44.8 Å². The second kappa shape index (κ2) is 5.37. The molecule has 8 heteroatoms. The van der Waals surface area contributed by atoms with Crippen molar-refractivity contribution in [3.8, 4) is 0 Å². The van der Waals surface area contributed by atoms with E-state index < -0.39 is 6.04 Å². The highest BCUT2D eigenvalue weighted by Crippen LogP contribution is 2.39. The van der Waals surface area contributed by atoms with Crippen LogP contribution >= 0.6 is 0 Å². The summed E-state index contributed by atoms with van der Waals surface area (Å²) < 4.78 is 3.89. The van der Waals surface area contributed by atoms with Crippen LogP contribution in [0.15, 0.2) is 24.3 Å². The summed E-state index contributed by atoms with van der Waals surface area (Å²) in [6.07, 6.45) is 2.41. The smallest absolute Gasteiger partial charge is 0.247 e. The molecule has 25 heavy (non-hydrogen) atoms. The van der Waals surface area contributed by atoms with E-state index in [1.54, 1.807) is 4.68 Å². The molecule has 1 fully saturated rings. The van der Waals surface area contributed by atoms with Crippen molar-refractivity contribution in [2.24, 2.45) is 0 Å². The van der Waals surface area contributed by atoms with Crippen molar-refractivity contribution in [2.75, 3.05) is 6.54 Å². The zero-order chi connectivity index (χ0) is 17.0. The third kappa shape index (κ3) is 2.32. The van der Waals surface area contributed by atoms with Gasteiger partial charge in [0.1, 0.15) is 17.4 Å². The molecular weight excluding hydrogens is 318 g/mol. The molecule has 1 atom stereocenters. The lowest BCUT2D eigenvalue weighted by atomic mass is 10.2. The molecule has 0 bridgehead atoms. The molecule has 1 aliphatic carbocycles. The summed E-state index contributed by atoms with van der Waals surface area (Å²) in [5, 5.41) is 17.0. The molecule has 0 N–H and O–H groups in total. The first-order chi connectivity index (χ1) is 12.2. The van der Waals surface area contributed by atoms with E-state index in [2.05, 4.69) is 25.1 Å². The second-order valence-corrected chi connectivity index (χ2v) is 6.86. The van der Waals surface area contributed by atoms with Gasteiger partial charge in [-0.2, -0.15) is 0 Å². The summed E-state index contributed by atoms with van der Waals surface area (Å²) in [6.45, 7) is 3.83. The van der Waals surface area contributed by atoms with Gasteiger partial charge in [-0.05, 0) is 31.9 Å². The van der Waals surface area contributed by atoms with E-state index in [1.807, 2.05) is 36.1 Å². The SMILES string of the molecule is C[C@@H](C(=O)N1CCn2c(nnc2C2CC2)C1)n1nnc2ccccc21. The zero-order valence-electron chi connectivity index (χ0n) is 14.0. The third-order valence-corrected chi connectivity index (χ3v) is 5.14. The number of hydrogen-bond acceptors (Lipinski definition) is 5. The molecule has 1 aliphatic heterocycles. The fraction of sp³-hybridized carbons (Fsp3) is 0.471. The Morgan fingerprint density at radius 1 is 1.16 bits per heavy atom. The molecule has 0 radical (unpaired) electrons. The van der Waals surface area contributed by atoms with Gasteiger partial charge in [0.05, 0.1) is 12.1 Å². The van der Waals surface area contributed by atoms with Crippen LogP contribution in [-0.2, 0) is 17.9 Å². The molecule has 2 aliphatic rings. The minimum absolute atomic E-state index is 0.0397. The number of fused-ring (bicyclic) bond motifs is 2. The number of carbonyl (C=O) groups is 1. The van der Waals surface area contributed by atoms with Gasteiger partial charge in [-0.15, -0.1) is 15.3 Å². The first-order valence-electron chi connectivity index (χ1n) is 8.73. The standard InChI is InChI=1S/C17H19N7O/c1-11(24-14-5-3-2-4-13(14)18-21-24)17(25)22-8-9-23-15(10-22)19-20-16(23)12-6-7-12/h2-5,11-12H,6-10H2,1H3/t11-/m0/s1. The van der Waals surface area contributed by atoms with E-state index in [0.717, 1.165) is 29.2 Å². The van der Waals surface area contributed by atoms with Gasteiger partial charge in [0.2, 0.25) is 5.91 Å². The van der Waals surface area contributed by atoms with E-state index in [1.165, 1.54) is 12.8 Å². The molecule has 0 spiro atoms. The van der Waals surface area contributed by atoms with E-state index in [0.29, 0.717) is 19.0 Å². The minimum Gasteiger partial charge on any atom is -0.332 e. The molecule has 5 rings (SSSR count). The Bertz CT molecular complexity index is 955. The lowest BCUT2D eigenvalue weighted by Gasteiger charge is -2.30. The third-order valence-electron chi connectivity index (χ3n) is 5.14. The normalized spacial score (nSPS) is 18.4. The topological polar surface area (TPSA) is 81.7 Å². The summed E-state index contributed by atoms with van der Waals surface area (Å²) in [6, 6.07) is 7.29. The van der Waals surface area contributed by atoms with Gasteiger partial charge in [0.15, 0.2) is 5.82 Å².